The van der Waals surface area contributed by atoms with Crippen molar-refractivity contribution in [3.05, 3.63) is 129 Å². The van der Waals surface area contributed by atoms with Crippen LogP contribution in [0.15, 0.2) is 111 Å². The van der Waals surface area contributed by atoms with Crippen LogP contribution >= 0.6 is 0 Å². The summed E-state index contributed by atoms with van der Waals surface area (Å²) in [6.07, 6.45) is 15.2. The number of aromatic nitrogens is 9. The molecule has 0 unspecified atom stereocenters. The Bertz CT molecular complexity index is 1920. The minimum absolute atomic E-state index is 0. The van der Waals surface area contributed by atoms with Crippen LogP contribution in [0.25, 0.3) is 65.4 Å². The average Bonchev–Trinajstić information content (AvgIpc) is 3.09. The molecule has 0 spiro atoms. The first-order valence-electron chi connectivity index (χ1n) is 12.9. The Labute approximate surface area is 258 Å². The first-order valence-corrected chi connectivity index (χ1v) is 12.9. The largest absolute Gasteiger partial charge is 3.00 e. The minimum Gasteiger partial charge on any atom is -0.352 e. The van der Waals surface area contributed by atoms with Crippen LogP contribution in [0.1, 0.15) is 0 Å². The van der Waals surface area contributed by atoms with Crippen molar-refractivity contribution in [2.45, 2.75) is 0 Å². The van der Waals surface area contributed by atoms with E-state index in [1.54, 1.807) is 74.4 Å². The third-order valence-electron chi connectivity index (χ3n) is 6.51. The van der Waals surface area contributed by atoms with E-state index >= 15 is 0 Å². The van der Waals surface area contributed by atoms with Gasteiger partial charge in [0.05, 0.1) is 0 Å². The summed E-state index contributed by atoms with van der Waals surface area (Å²) in [4.78, 5) is 37.3. The minimum atomic E-state index is 0. The number of benzene rings is 3. The van der Waals surface area contributed by atoms with E-state index in [2.05, 4.69) is 63.1 Å². The maximum Gasteiger partial charge on any atom is 3.00 e. The van der Waals surface area contributed by atoms with Crippen LogP contribution in [-0.4, -0.2) is 44.9 Å². The summed E-state index contributed by atoms with van der Waals surface area (Å²) in [6.45, 7) is 0. The molecule has 3 aromatic carbocycles. The zero-order valence-corrected chi connectivity index (χ0v) is 24.6. The van der Waals surface area contributed by atoms with Crippen LogP contribution in [0.2, 0.25) is 0 Å². The fraction of sp³-hybridized carbons (Fsp3) is 0. The summed E-state index contributed by atoms with van der Waals surface area (Å²) in [5.41, 5.74) is 5.47. The van der Waals surface area contributed by atoms with Crippen molar-refractivity contribution in [1.82, 2.24) is 44.9 Å². The Kier molecular flexibility index (Phi) is 8.12. The van der Waals surface area contributed by atoms with Crippen LogP contribution in [0.5, 0.6) is 0 Å². The molecular formula is C33H18IrN9. The van der Waals surface area contributed by atoms with E-state index in [-0.39, 0.29) is 20.1 Å². The van der Waals surface area contributed by atoms with Crippen molar-refractivity contribution in [1.29, 1.82) is 0 Å². The summed E-state index contributed by atoms with van der Waals surface area (Å²) in [5.74, 6) is 0. The van der Waals surface area contributed by atoms with Gasteiger partial charge in [-0.25, -0.2) is 15.0 Å². The molecule has 9 nitrogen and oxygen atoms in total. The standard InChI is InChI=1S/3C11H6N3.Ir/c3*1-2-9-10(13-5-1)4-3-8-6-12-7-14-11(8)9;/h3*1,3-7H;/q3*-1;+3. The van der Waals surface area contributed by atoms with Gasteiger partial charge in [-0.2, -0.15) is 0 Å². The Morgan fingerprint density at radius 1 is 0.395 bits per heavy atom. The molecule has 0 N–H and O–H groups in total. The van der Waals surface area contributed by atoms with Crippen molar-refractivity contribution in [3.63, 3.8) is 0 Å². The summed E-state index contributed by atoms with van der Waals surface area (Å²) in [7, 11) is 0. The van der Waals surface area contributed by atoms with Crippen molar-refractivity contribution in [3.8, 4) is 0 Å². The number of pyridine rings is 3. The molecule has 6 heterocycles. The van der Waals surface area contributed by atoms with Crippen molar-refractivity contribution >= 4 is 65.4 Å². The average molecular weight is 733 g/mol. The molecule has 0 saturated carbocycles. The second-order valence-corrected chi connectivity index (χ2v) is 9.03. The molecule has 0 radical (unpaired) electrons. The molecular weight excluding hydrogens is 715 g/mol. The zero-order valence-electron chi connectivity index (χ0n) is 22.3. The van der Waals surface area contributed by atoms with Crippen molar-refractivity contribution in [2.75, 3.05) is 0 Å². The Morgan fingerprint density at radius 3 is 1.05 bits per heavy atom. The first kappa shape index (κ1) is 27.7. The van der Waals surface area contributed by atoms with Gasteiger partial charge in [0, 0.05) is 35.1 Å². The van der Waals surface area contributed by atoms with Crippen molar-refractivity contribution in [2.24, 2.45) is 0 Å². The molecule has 0 atom stereocenters. The molecule has 43 heavy (non-hydrogen) atoms. The predicted octanol–water partition coefficient (Wildman–Crippen LogP) is 5.93. The van der Waals surface area contributed by atoms with Gasteiger partial charge in [0.25, 0.3) is 0 Å². The zero-order chi connectivity index (χ0) is 28.1. The number of rotatable bonds is 0. The number of fused-ring (bicyclic) bond motifs is 9. The van der Waals surface area contributed by atoms with Gasteiger partial charge in [-0.1, -0.05) is 71.1 Å². The van der Waals surface area contributed by atoms with Gasteiger partial charge in [-0.05, 0) is 32.7 Å². The molecule has 0 aliphatic carbocycles. The maximum atomic E-state index is 4.24. The van der Waals surface area contributed by atoms with E-state index in [0.29, 0.717) is 0 Å². The third kappa shape index (κ3) is 5.70. The molecule has 6 aromatic heterocycles. The molecule has 204 valence electrons. The molecule has 10 heteroatoms. The number of hydrogen-bond acceptors (Lipinski definition) is 9. The molecule has 0 aliphatic heterocycles. The molecule has 0 aliphatic rings. The molecule has 0 bridgehead atoms. The van der Waals surface area contributed by atoms with Gasteiger partial charge < -0.3 is 15.0 Å². The van der Waals surface area contributed by atoms with E-state index in [1.165, 1.54) is 0 Å². The Balaban J connectivity index is 0.000000113. The van der Waals surface area contributed by atoms with Gasteiger partial charge in [0.1, 0.15) is 19.0 Å². The maximum absolute atomic E-state index is 4.24. The number of nitrogens with zero attached hydrogens (tertiary/aromatic N) is 9. The Hall–Kier alpha value is -5.44. The van der Waals surface area contributed by atoms with Crippen LogP contribution in [0, 0.1) is 18.2 Å². The monoisotopic (exact) mass is 733 g/mol. The molecule has 0 fully saturated rings. The van der Waals surface area contributed by atoms with Gasteiger partial charge in [-0.3, -0.25) is 15.0 Å². The fourth-order valence-electron chi connectivity index (χ4n) is 4.60. The quantitative estimate of drug-likeness (QED) is 0.138. The molecule has 0 saturated heterocycles. The first-order chi connectivity index (χ1) is 20.8. The van der Waals surface area contributed by atoms with Crippen LogP contribution in [0.3, 0.4) is 0 Å². The third-order valence-corrected chi connectivity index (χ3v) is 6.51. The normalized spacial score (nSPS) is 10.6. The van der Waals surface area contributed by atoms with Crippen LogP contribution < -0.4 is 0 Å². The van der Waals surface area contributed by atoms with Crippen LogP contribution in [-0.2, 0) is 20.1 Å². The van der Waals surface area contributed by atoms with Gasteiger partial charge >= 0.3 is 20.1 Å². The predicted molar refractivity (Wildman–Crippen MR) is 161 cm³/mol. The Morgan fingerprint density at radius 2 is 0.721 bits per heavy atom. The summed E-state index contributed by atoms with van der Waals surface area (Å²) >= 11 is 0. The summed E-state index contributed by atoms with van der Waals surface area (Å²) < 4.78 is 0. The summed E-state index contributed by atoms with van der Waals surface area (Å²) in [6, 6.07) is 26.6. The second kappa shape index (κ2) is 12.6. The van der Waals surface area contributed by atoms with E-state index < -0.39 is 0 Å². The van der Waals surface area contributed by atoms with Gasteiger partial charge in [-0.15, -0.1) is 36.4 Å². The van der Waals surface area contributed by atoms with Gasteiger partial charge in [0.15, 0.2) is 0 Å². The summed E-state index contributed by atoms with van der Waals surface area (Å²) in [5, 5.41) is 5.91. The van der Waals surface area contributed by atoms with Gasteiger partial charge in [0.2, 0.25) is 0 Å². The van der Waals surface area contributed by atoms with E-state index in [0.717, 1.165) is 65.4 Å². The van der Waals surface area contributed by atoms with Crippen molar-refractivity contribution < 1.29 is 20.1 Å². The SMILES string of the molecule is [Ir+3].[c-]1ccnc2ccc3cncnc3c12.[c-]1ccnc2ccc3cncnc3c12.[c-]1ccnc2ccc3cncnc3c12. The molecule has 9 rings (SSSR count). The van der Waals surface area contributed by atoms with E-state index in [9.17, 15) is 0 Å². The van der Waals surface area contributed by atoms with E-state index in [1.807, 2.05) is 36.4 Å². The smallest absolute Gasteiger partial charge is 0.352 e. The van der Waals surface area contributed by atoms with Crippen LogP contribution in [0.4, 0.5) is 0 Å². The number of hydrogen-bond donors (Lipinski definition) is 0. The molecule has 9 aromatic rings. The fourth-order valence-corrected chi connectivity index (χ4v) is 4.60. The topological polar surface area (TPSA) is 116 Å². The molecule has 0 amide bonds. The second-order valence-electron chi connectivity index (χ2n) is 9.03. The van der Waals surface area contributed by atoms with E-state index in [4.69, 9.17) is 0 Å².